The molecule has 28 heavy (non-hydrogen) atoms. The van der Waals surface area contributed by atoms with Crippen molar-refractivity contribution in [3.63, 3.8) is 0 Å². The minimum absolute atomic E-state index is 0.101. The van der Waals surface area contributed by atoms with Gasteiger partial charge in [-0.1, -0.05) is 0 Å². The molecular weight excluding hydrogens is 354 g/mol. The Morgan fingerprint density at radius 3 is 2.43 bits per heavy atom. The van der Waals surface area contributed by atoms with Crippen molar-refractivity contribution in [3.8, 4) is 5.95 Å². The van der Waals surface area contributed by atoms with Crippen molar-refractivity contribution in [1.29, 1.82) is 0 Å². The quantitative estimate of drug-likeness (QED) is 0.807. The van der Waals surface area contributed by atoms with Crippen LogP contribution >= 0.6 is 0 Å². The molecule has 2 aromatic rings. The maximum atomic E-state index is 12.4. The lowest BCUT2D eigenvalue weighted by molar-refractivity contribution is 0.0238. The number of nitrogens with zero attached hydrogens (tertiary/aromatic N) is 5. The second kappa shape index (κ2) is 7.45. The molecule has 0 N–H and O–H groups in total. The minimum Gasteiger partial charge on any atom is -0.444 e. The van der Waals surface area contributed by atoms with Crippen LogP contribution in [0.1, 0.15) is 44.3 Å². The summed E-state index contributed by atoms with van der Waals surface area (Å²) in [5.41, 5.74) is 2.65. The number of anilines is 1. The van der Waals surface area contributed by atoms with Crippen molar-refractivity contribution in [2.24, 2.45) is 0 Å². The SMILES string of the molecule is Cc1cc(N2CC[C@@H](N(C)C(=O)OC(C)(C)C)C2)nc(-n2c(C)ccc2C)n1. The first-order valence-corrected chi connectivity index (χ1v) is 9.77. The largest absolute Gasteiger partial charge is 0.444 e. The molecule has 1 aliphatic heterocycles. The summed E-state index contributed by atoms with van der Waals surface area (Å²) in [7, 11) is 1.81. The predicted octanol–water partition coefficient (Wildman–Crippen LogP) is 3.64. The fourth-order valence-corrected chi connectivity index (χ4v) is 3.53. The number of aromatic nitrogens is 3. The first kappa shape index (κ1) is 20.2. The molecular formula is C21H31N5O2. The summed E-state index contributed by atoms with van der Waals surface area (Å²) < 4.78 is 7.57. The van der Waals surface area contributed by atoms with Crippen molar-refractivity contribution >= 4 is 11.9 Å². The van der Waals surface area contributed by atoms with Gasteiger partial charge < -0.3 is 14.5 Å². The van der Waals surface area contributed by atoms with E-state index in [0.717, 1.165) is 42.4 Å². The summed E-state index contributed by atoms with van der Waals surface area (Å²) in [6, 6.07) is 6.25. The van der Waals surface area contributed by atoms with Gasteiger partial charge in [0.25, 0.3) is 0 Å². The molecule has 2 aromatic heterocycles. The summed E-state index contributed by atoms with van der Waals surface area (Å²) in [5.74, 6) is 1.59. The van der Waals surface area contributed by atoms with E-state index in [4.69, 9.17) is 9.72 Å². The molecule has 1 saturated heterocycles. The molecule has 0 aliphatic carbocycles. The number of hydrogen-bond donors (Lipinski definition) is 0. The summed E-state index contributed by atoms with van der Waals surface area (Å²) in [6.07, 6.45) is 0.605. The van der Waals surface area contributed by atoms with Gasteiger partial charge in [-0.2, -0.15) is 4.98 Å². The molecule has 7 heteroatoms. The van der Waals surface area contributed by atoms with E-state index in [1.165, 1.54) is 0 Å². The number of carbonyl (C=O) groups excluding carboxylic acids is 1. The van der Waals surface area contributed by atoms with Crippen molar-refractivity contribution in [2.75, 3.05) is 25.0 Å². The average Bonchev–Trinajstić information content (AvgIpc) is 3.19. The van der Waals surface area contributed by atoms with E-state index in [0.29, 0.717) is 5.95 Å². The normalized spacial score (nSPS) is 17.1. The second-order valence-electron chi connectivity index (χ2n) is 8.60. The smallest absolute Gasteiger partial charge is 0.410 e. The monoisotopic (exact) mass is 385 g/mol. The van der Waals surface area contributed by atoms with E-state index in [1.807, 2.05) is 40.8 Å². The third-order valence-electron chi connectivity index (χ3n) is 5.02. The van der Waals surface area contributed by atoms with Crippen molar-refractivity contribution in [1.82, 2.24) is 19.4 Å². The van der Waals surface area contributed by atoms with E-state index in [9.17, 15) is 4.79 Å². The number of carbonyl (C=O) groups is 1. The highest BCUT2D eigenvalue weighted by Crippen LogP contribution is 2.24. The van der Waals surface area contributed by atoms with Crippen LogP contribution in [-0.4, -0.2) is 57.3 Å². The van der Waals surface area contributed by atoms with Crippen LogP contribution in [0.15, 0.2) is 18.2 Å². The molecule has 1 amide bonds. The average molecular weight is 386 g/mol. The maximum Gasteiger partial charge on any atom is 0.410 e. The minimum atomic E-state index is -0.491. The van der Waals surface area contributed by atoms with E-state index in [2.05, 4.69) is 40.4 Å². The first-order valence-electron chi connectivity index (χ1n) is 9.77. The molecule has 0 aromatic carbocycles. The summed E-state index contributed by atoms with van der Waals surface area (Å²) >= 11 is 0. The van der Waals surface area contributed by atoms with Gasteiger partial charge in [-0.3, -0.25) is 4.57 Å². The van der Waals surface area contributed by atoms with Gasteiger partial charge in [0.1, 0.15) is 11.4 Å². The van der Waals surface area contributed by atoms with Crippen LogP contribution < -0.4 is 4.90 Å². The number of ether oxygens (including phenoxy) is 1. The Hall–Kier alpha value is -2.57. The zero-order chi connectivity index (χ0) is 20.6. The molecule has 1 atom stereocenters. The molecule has 0 radical (unpaired) electrons. The molecule has 0 bridgehead atoms. The lowest BCUT2D eigenvalue weighted by atomic mass is 10.2. The second-order valence-corrected chi connectivity index (χ2v) is 8.60. The van der Waals surface area contributed by atoms with Gasteiger partial charge in [-0.15, -0.1) is 0 Å². The zero-order valence-electron chi connectivity index (χ0n) is 18.0. The molecule has 1 aliphatic rings. The third-order valence-corrected chi connectivity index (χ3v) is 5.02. The summed E-state index contributed by atoms with van der Waals surface area (Å²) in [4.78, 5) is 25.8. The Morgan fingerprint density at radius 1 is 1.18 bits per heavy atom. The van der Waals surface area contributed by atoms with Crippen molar-refractivity contribution < 1.29 is 9.53 Å². The lowest BCUT2D eigenvalue weighted by Gasteiger charge is -2.28. The lowest BCUT2D eigenvalue weighted by Crippen LogP contribution is -2.42. The Bertz CT molecular complexity index is 849. The van der Waals surface area contributed by atoms with Crippen LogP contribution in [0.2, 0.25) is 0 Å². The zero-order valence-corrected chi connectivity index (χ0v) is 18.0. The molecule has 0 saturated carbocycles. The Balaban J connectivity index is 1.78. The van der Waals surface area contributed by atoms with Gasteiger partial charge in [-0.05, 0) is 60.1 Å². The van der Waals surface area contributed by atoms with E-state index in [-0.39, 0.29) is 12.1 Å². The van der Waals surface area contributed by atoms with E-state index < -0.39 is 5.60 Å². The topological polar surface area (TPSA) is 63.5 Å². The molecule has 152 valence electrons. The molecule has 3 rings (SSSR count). The summed E-state index contributed by atoms with van der Waals surface area (Å²) in [6.45, 7) is 13.3. The van der Waals surface area contributed by atoms with Gasteiger partial charge in [0, 0.05) is 43.3 Å². The standard InChI is InChI=1S/C21H31N5O2/c1-14-12-18(23-19(22-14)26-15(2)8-9-16(26)3)25-11-10-17(13-25)24(7)20(27)28-21(4,5)6/h8-9,12,17H,10-11,13H2,1-7H3/t17-/m1/s1. The highest BCUT2D eigenvalue weighted by molar-refractivity contribution is 5.68. The molecule has 0 unspecified atom stereocenters. The van der Waals surface area contributed by atoms with Crippen LogP contribution in [0.4, 0.5) is 10.6 Å². The Kier molecular flexibility index (Phi) is 5.37. The van der Waals surface area contributed by atoms with Crippen molar-refractivity contribution in [2.45, 2.75) is 59.6 Å². The van der Waals surface area contributed by atoms with Crippen LogP contribution in [0, 0.1) is 20.8 Å². The van der Waals surface area contributed by atoms with Crippen LogP contribution in [-0.2, 0) is 4.74 Å². The fourth-order valence-electron chi connectivity index (χ4n) is 3.53. The highest BCUT2D eigenvalue weighted by atomic mass is 16.6. The van der Waals surface area contributed by atoms with Gasteiger partial charge in [0.2, 0.25) is 5.95 Å². The number of rotatable bonds is 3. The molecule has 1 fully saturated rings. The number of aryl methyl sites for hydroxylation is 3. The van der Waals surface area contributed by atoms with Gasteiger partial charge in [0.15, 0.2) is 0 Å². The predicted molar refractivity (Wildman–Crippen MR) is 110 cm³/mol. The van der Waals surface area contributed by atoms with Crippen molar-refractivity contribution in [3.05, 3.63) is 35.3 Å². The van der Waals surface area contributed by atoms with Crippen LogP contribution in [0.5, 0.6) is 0 Å². The third kappa shape index (κ3) is 4.29. The molecule has 0 spiro atoms. The van der Waals surface area contributed by atoms with Crippen LogP contribution in [0.25, 0.3) is 5.95 Å². The van der Waals surface area contributed by atoms with Gasteiger partial charge in [0.05, 0.1) is 6.04 Å². The van der Waals surface area contributed by atoms with Crippen LogP contribution in [0.3, 0.4) is 0 Å². The molecule has 3 heterocycles. The van der Waals surface area contributed by atoms with E-state index >= 15 is 0 Å². The summed E-state index contributed by atoms with van der Waals surface area (Å²) in [5, 5.41) is 0. The van der Waals surface area contributed by atoms with Gasteiger partial charge in [-0.25, -0.2) is 9.78 Å². The Labute approximate surface area is 167 Å². The number of likely N-dealkylation sites (N-methyl/N-ethyl adjacent to an activating group) is 1. The fraction of sp³-hybridized carbons (Fsp3) is 0.571. The maximum absolute atomic E-state index is 12.4. The number of amides is 1. The first-order chi connectivity index (χ1) is 13.0. The highest BCUT2D eigenvalue weighted by Gasteiger charge is 2.31. The Morgan fingerprint density at radius 2 is 1.82 bits per heavy atom. The van der Waals surface area contributed by atoms with E-state index in [1.54, 1.807) is 4.90 Å². The number of hydrogen-bond acceptors (Lipinski definition) is 5. The van der Waals surface area contributed by atoms with Gasteiger partial charge >= 0.3 is 6.09 Å². The molecule has 7 nitrogen and oxygen atoms in total.